The number of carboxylic acids is 1. The van der Waals surface area contributed by atoms with Crippen molar-refractivity contribution in [3.05, 3.63) is 45.5 Å². The van der Waals surface area contributed by atoms with Crippen LogP contribution in [-0.2, 0) is 13.5 Å². The number of carboxylic acid groups (broad SMARTS) is 1. The zero-order chi connectivity index (χ0) is 18.0. The molecule has 2 aromatic rings. The fourth-order valence-corrected chi connectivity index (χ4v) is 3.91. The summed E-state index contributed by atoms with van der Waals surface area (Å²) in [6, 6.07) is 2.93. The highest BCUT2D eigenvalue weighted by atomic mass is 19.1. The largest absolute Gasteiger partial charge is 0.477 e. The standard InChI is InChI=1S/C20H24FNO3/c1-22-12-16(20(24)25)19(23)15-10-14(17(21)11-18(15)22)9-13-7-5-3-2-4-6-8-13/h10-13H,2-9H2,1H3,(H,24,25). The van der Waals surface area contributed by atoms with E-state index >= 15 is 0 Å². The van der Waals surface area contributed by atoms with Crippen LogP contribution in [0.5, 0.6) is 0 Å². The van der Waals surface area contributed by atoms with Crippen LogP contribution in [-0.4, -0.2) is 15.6 Å². The number of rotatable bonds is 3. The molecule has 1 saturated carbocycles. The van der Waals surface area contributed by atoms with Crippen LogP contribution >= 0.6 is 0 Å². The van der Waals surface area contributed by atoms with E-state index in [0.29, 0.717) is 23.4 Å². The van der Waals surface area contributed by atoms with Gasteiger partial charge in [0.15, 0.2) is 0 Å². The van der Waals surface area contributed by atoms with E-state index in [9.17, 15) is 19.1 Å². The minimum absolute atomic E-state index is 0.279. The first-order chi connectivity index (χ1) is 12.0. The number of hydrogen-bond acceptors (Lipinski definition) is 2. The van der Waals surface area contributed by atoms with Gasteiger partial charge in [-0.3, -0.25) is 4.79 Å². The summed E-state index contributed by atoms with van der Waals surface area (Å²) in [4.78, 5) is 23.7. The quantitative estimate of drug-likeness (QED) is 0.903. The van der Waals surface area contributed by atoms with Gasteiger partial charge in [0.2, 0.25) is 5.43 Å². The maximum Gasteiger partial charge on any atom is 0.341 e. The number of hydrogen-bond donors (Lipinski definition) is 1. The first-order valence-electron chi connectivity index (χ1n) is 9.02. The Kier molecular flexibility index (Phi) is 5.21. The van der Waals surface area contributed by atoms with E-state index in [0.717, 1.165) is 12.8 Å². The Bertz CT molecular complexity index is 848. The van der Waals surface area contributed by atoms with E-state index in [2.05, 4.69) is 0 Å². The number of carbonyl (C=O) groups is 1. The highest BCUT2D eigenvalue weighted by Crippen LogP contribution is 2.27. The first-order valence-corrected chi connectivity index (χ1v) is 9.02. The molecular weight excluding hydrogens is 321 g/mol. The molecule has 1 aliphatic rings. The van der Waals surface area contributed by atoms with Crippen molar-refractivity contribution in [1.82, 2.24) is 4.57 Å². The van der Waals surface area contributed by atoms with Gasteiger partial charge in [0.25, 0.3) is 0 Å². The van der Waals surface area contributed by atoms with Gasteiger partial charge in [0.05, 0.1) is 5.52 Å². The lowest BCUT2D eigenvalue weighted by Crippen LogP contribution is -2.18. The van der Waals surface area contributed by atoms with Crippen molar-refractivity contribution in [2.45, 2.75) is 51.4 Å². The lowest BCUT2D eigenvalue weighted by Gasteiger charge is -2.20. The Morgan fingerprint density at radius 1 is 1.20 bits per heavy atom. The van der Waals surface area contributed by atoms with Crippen LogP contribution in [0.4, 0.5) is 4.39 Å². The van der Waals surface area contributed by atoms with Gasteiger partial charge < -0.3 is 9.67 Å². The molecule has 1 N–H and O–H groups in total. The van der Waals surface area contributed by atoms with E-state index in [4.69, 9.17) is 0 Å². The Hall–Kier alpha value is -2.17. The molecule has 3 rings (SSSR count). The highest BCUT2D eigenvalue weighted by Gasteiger charge is 2.18. The van der Waals surface area contributed by atoms with Gasteiger partial charge in [-0.2, -0.15) is 0 Å². The SMILES string of the molecule is Cn1cc(C(=O)O)c(=O)c2cc(CC3CCCCCCC3)c(F)cc21. The Balaban J connectivity index is 2.01. The van der Waals surface area contributed by atoms with E-state index in [-0.39, 0.29) is 16.8 Å². The molecule has 0 spiro atoms. The molecular formula is C20H24FNO3. The Morgan fingerprint density at radius 2 is 1.84 bits per heavy atom. The fraction of sp³-hybridized carbons (Fsp3) is 0.500. The third-order valence-electron chi connectivity index (χ3n) is 5.32. The number of halogens is 1. The molecule has 0 amide bonds. The van der Waals surface area contributed by atoms with E-state index in [1.54, 1.807) is 13.1 Å². The molecule has 0 unspecified atom stereocenters. The molecule has 4 nitrogen and oxygen atoms in total. The van der Waals surface area contributed by atoms with E-state index < -0.39 is 11.4 Å². The maximum atomic E-state index is 14.6. The van der Waals surface area contributed by atoms with Crippen molar-refractivity contribution in [3.63, 3.8) is 0 Å². The van der Waals surface area contributed by atoms with Crippen LogP contribution in [0.3, 0.4) is 0 Å². The van der Waals surface area contributed by atoms with Crippen molar-refractivity contribution in [3.8, 4) is 0 Å². The molecule has 1 fully saturated rings. The summed E-state index contributed by atoms with van der Waals surface area (Å²) >= 11 is 0. The molecule has 0 atom stereocenters. The van der Waals surface area contributed by atoms with Crippen molar-refractivity contribution in [2.24, 2.45) is 13.0 Å². The average molecular weight is 345 g/mol. The number of fused-ring (bicyclic) bond motifs is 1. The fourth-order valence-electron chi connectivity index (χ4n) is 3.91. The summed E-state index contributed by atoms with van der Waals surface area (Å²) in [5.74, 6) is -1.14. The van der Waals surface area contributed by atoms with Crippen molar-refractivity contribution < 1.29 is 14.3 Å². The van der Waals surface area contributed by atoms with E-state index in [1.165, 1.54) is 48.9 Å². The Labute approximate surface area is 146 Å². The van der Waals surface area contributed by atoms with Crippen LogP contribution in [0.25, 0.3) is 10.9 Å². The predicted octanol–water partition coefficient (Wildman–Crippen LogP) is 4.28. The van der Waals surface area contributed by atoms with Crippen LogP contribution in [0.2, 0.25) is 0 Å². The second-order valence-corrected chi connectivity index (χ2v) is 7.16. The molecule has 1 aliphatic carbocycles. The summed E-state index contributed by atoms with van der Waals surface area (Å²) in [5.41, 5.74) is 0.129. The molecule has 25 heavy (non-hydrogen) atoms. The van der Waals surface area contributed by atoms with Gasteiger partial charge in [0, 0.05) is 18.6 Å². The van der Waals surface area contributed by atoms with Gasteiger partial charge in [0.1, 0.15) is 11.4 Å². The molecule has 1 aromatic carbocycles. The highest BCUT2D eigenvalue weighted by molar-refractivity contribution is 5.92. The van der Waals surface area contributed by atoms with Crippen molar-refractivity contribution in [2.75, 3.05) is 0 Å². The molecule has 0 saturated heterocycles. The number of nitrogens with zero attached hydrogens (tertiary/aromatic N) is 1. The van der Waals surface area contributed by atoms with Crippen LogP contribution in [0, 0.1) is 11.7 Å². The van der Waals surface area contributed by atoms with Crippen molar-refractivity contribution in [1.29, 1.82) is 0 Å². The minimum atomic E-state index is -1.26. The summed E-state index contributed by atoms with van der Waals surface area (Å²) in [6.07, 6.45) is 10.1. The maximum absolute atomic E-state index is 14.6. The molecule has 5 heteroatoms. The first kappa shape index (κ1) is 17.6. The normalized spacial score (nSPS) is 16.6. The molecule has 1 aromatic heterocycles. The van der Waals surface area contributed by atoms with Gasteiger partial charge in [-0.15, -0.1) is 0 Å². The monoisotopic (exact) mass is 345 g/mol. The number of aromatic carboxylic acids is 1. The number of pyridine rings is 1. The number of benzene rings is 1. The second kappa shape index (κ2) is 7.38. The molecule has 0 bridgehead atoms. The molecule has 0 aliphatic heterocycles. The summed E-state index contributed by atoms with van der Waals surface area (Å²) in [7, 11) is 1.63. The Morgan fingerprint density at radius 3 is 2.48 bits per heavy atom. The number of aryl methyl sites for hydroxylation is 1. The zero-order valence-corrected chi connectivity index (χ0v) is 14.6. The molecule has 1 heterocycles. The lowest BCUT2D eigenvalue weighted by molar-refractivity contribution is 0.0695. The number of aromatic nitrogens is 1. The second-order valence-electron chi connectivity index (χ2n) is 7.16. The predicted molar refractivity (Wildman–Crippen MR) is 95.6 cm³/mol. The summed E-state index contributed by atoms with van der Waals surface area (Å²) in [6.45, 7) is 0. The third kappa shape index (κ3) is 3.75. The summed E-state index contributed by atoms with van der Waals surface area (Å²) < 4.78 is 16.1. The van der Waals surface area contributed by atoms with Gasteiger partial charge in [-0.1, -0.05) is 44.9 Å². The summed E-state index contributed by atoms with van der Waals surface area (Å²) in [5, 5.41) is 9.49. The van der Waals surface area contributed by atoms with Gasteiger partial charge >= 0.3 is 5.97 Å². The lowest BCUT2D eigenvalue weighted by atomic mass is 9.86. The average Bonchev–Trinajstić information content (AvgIpc) is 2.54. The van der Waals surface area contributed by atoms with Gasteiger partial charge in [-0.25, -0.2) is 9.18 Å². The minimum Gasteiger partial charge on any atom is -0.477 e. The van der Waals surface area contributed by atoms with Crippen LogP contribution in [0.1, 0.15) is 60.9 Å². The zero-order valence-electron chi connectivity index (χ0n) is 14.6. The topological polar surface area (TPSA) is 59.3 Å². The smallest absolute Gasteiger partial charge is 0.341 e. The van der Waals surface area contributed by atoms with E-state index in [1.807, 2.05) is 0 Å². The van der Waals surface area contributed by atoms with Crippen molar-refractivity contribution >= 4 is 16.9 Å². The van der Waals surface area contributed by atoms with Gasteiger partial charge in [-0.05, 0) is 30.0 Å². The van der Waals surface area contributed by atoms with Crippen LogP contribution < -0.4 is 5.43 Å². The van der Waals surface area contributed by atoms with Crippen LogP contribution in [0.15, 0.2) is 23.1 Å². The molecule has 134 valence electrons. The third-order valence-corrected chi connectivity index (χ3v) is 5.32. The molecule has 0 radical (unpaired) electrons.